The molecule has 3 heteroatoms. The third kappa shape index (κ3) is 7.02. The van der Waals surface area contributed by atoms with E-state index in [-0.39, 0.29) is 0 Å². The maximum atomic E-state index is 5.53. The summed E-state index contributed by atoms with van der Waals surface area (Å²) in [5.74, 6) is 0.821. The quantitative estimate of drug-likeness (QED) is 0.660. The van der Waals surface area contributed by atoms with Gasteiger partial charge >= 0.3 is 0 Å². The zero-order chi connectivity index (χ0) is 12.7. The molecule has 0 amide bonds. The lowest BCUT2D eigenvalue weighted by atomic mass is 10.1. The van der Waals surface area contributed by atoms with Gasteiger partial charge in [-0.3, -0.25) is 0 Å². The van der Waals surface area contributed by atoms with Gasteiger partial charge in [0.05, 0.1) is 12.7 Å². The lowest BCUT2D eigenvalue weighted by molar-refractivity contribution is 0.0794. The summed E-state index contributed by atoms with van der Waals surface area (Å²) >= 11 is 0. The Morgan fingerprint density at radius 1 is 1.29 bits per heavy atom. The Balaban J connectivity index is 2.01. The van der Waals surface area contributed by atoms with Crippen LogP contribution in [0.5, 0.6) is 0 Å². The van der Waals surface area contributed by atoms with Gasteiger partial charge in [-0.15, -0.1) is 0 Å². The molecule has 17 heavy (non-hydrogen) atoms. The second-order valence-electron chi connectivity index (χ2n) is 5.84. The molecule has 0 bridgehead atoms. The second kappa shape index (κ2) is 8.06. The predicted molar refractivity (Wildman–Crippen MR) is 73.4 cm³/mol. The van der Waals surface area contributed by atoms with E-state index >= 15 is 0 Å². The van der Waals surface area contributed by atoms with E-state index in [4.69, 9.17) is 4.74 Å². The molecule has 3 nitrogen and oxygen atoms in total. The topological polar surface area (TPSA) is 24.5 Å². The van der Waals surface area contributed by atoms with Crippen LogP contribution < -0.4 is 5.32 Å². The molecule has 0 spiro atoms. The molecule has 1 aliphatic rings. The standard InChI is InChI=1S/C14H30N2O/c1-12(2)5-8-16-9-6-14(11-16)15-7-10-17-13(3)4/h12-15H,5-11H2,1-4H3/t14-/m0/s1. The fourth-order valence-electron chi connectivity index (χ4n) is 2.20. The first kappa shape index (κ1) is 14.9. The van der Waals surface area contributed by atoms with Crippen LogP contribution >= 0.6 is 0 Å². The van der Waals surface area contributed by atoms with Crippen LogP contribution in [-0.4, -0.2) is 49.8 Å². The summed E-state index contributed by atoms with van der Waals surface area (Å²) in [5.41, 5.74) is 0. The first-order valence-electron chi connectivity index (χ1n) is 7.15. The van der Waals surface area contributed by atoms with Crippen LogP contribution in [0.25, 0.3) is 0 Å². The van der Waals surface area contributed by atoms with E-state index in [2.05, 4.69) is 37.9 Å². The van der Waals surface area contributed by atoms with Gasteiger partial charge in [0.2, 0.25) is 0 Å². The fraction of sp³-hybridized carbons (Fsp3) is 1.00. The van der Waals surface area contributed by atoms with Crippen LogP contribution in [0.4, 0.5) is 0 Å². The van der Waals surface area contributed by atoms with E-state index in [1.807, 2.05) is 0 Å². The minimum Gasteiger partial charge on any atom is -0.377 e. The molecule has 0 saturated carbocycles. The SMILES string of the molecule is CC(C)CCN1CC[C@H](NCCOC(C)C)C1. The zero-order valence-corrected chi connectivity index (χ0v) is 12.0. The summed E-state index contributed by atoms with van der Waals surface area (Å²) in [4.78, 5) is 2.58. The molecular weight excluding hydrogens is 212 g/mol. The second-order valence-corrected chi connectivity index (χ2v) is 5.84. The van der Waals surface area contributed by atoms with Crippen LogP contribution in [0.1, 0.15) is 40.5 Å². The molecule has 1 saturated heterocycles. The van der Waals surface area contributed by atoms with Crippen LogP contribution in [0, 0.1) is 5.92 Å². The molecule has 1 fully saturated rings. The van der Waals surface area contributed by atoms with Crippen molar-refractivity contribution in [1.29, 1.82) is 0 Å². The van der Waals surface area contributed by atoms with E-state index in [0.717, 1.165) is 19.1 Å². The normalized spacial score (nSPS) is 21.9. The third-order valence-corrected chi connectivity index (χ3v) is 3.28. The van der Waals surface area contributed by atoms with E-state index in [1.54, 1.807) is 0 Å². The first-order valence-corrected chi connectivity index (χ1v) is 7.15. The van der Waals surface area contributed by atoms with Gasteiger partial charge < -0.3 is 15.0 Å². The number of rotatable bonds is 8. The zero-order valence-electron chi connectivity index (χ0n) is 12.0. The highest BCUT2D eigenvalue weighted by Crippen LogP contribution is 2.11. The summed E-state index contributed by atoms with van der Waals surface area (Å²) in [5, 5.41) is 3.59. The van der Waals surface area contributed by atoms with Crippen LogP contribution in [0.15, 0.2) is 0 Å². The molecule has 0 aromatic heterocycles. The molecule has 1 aliphatic heterocycles. The van der Waals surface area contributed by atoms with Crippen LogP contribution in [0.2, 0.25) is 0 Å². The average Bonchev–Trinajstić information content (AvgIpc) is 2.69. The number of hydrogen-bond donors (Lipinski definition) is 1. The number of ether oxygens (including phenoxy) is 1. The summed E-state index contributed by atoms with van der Waals surface area (Å²) < 4.78 is 5.53. The van der Waals surface area contributed by atoms with Crippen molar-refractivity contribution in [2.45, 2.75) is 52.7 Å². The Morgan fingerprint density at radius 3 is 2.71 bits per heavy atom. The number of nitrogens with zero attached hydrogens (tertiary/aromatic N) is 1. The van der Waals surface area contributed by atoms with E-state index in [0.29, 0.717) is 12.1 Å². The van der Waals surface area contributed by atoms with Crippen LogP contribution in [-0.2, 0) is 4.74 Å². The highest BCUT2D eigenvalue weighted by atomic mass is 16.5. The number of hydrogen-bond acceptors (Lipinski definition) is 3. The number of likely N-dealkylation sites (tertiary alicyclic amines) is 1. The average molecular weight is 242 g/mol. The smallest absolute Gasteiger partial charge is 0.0594 e. The van der Waals surface area contributed by atoms with Gasteiger partial charge in [-0.1, -0.05) is 13.8 Å². The molecule has 0 aromatic rings. The lowest BCUT2D eigenvalue weighted by Crippen LogP contribution is -2.35. The molecule has 1 heterocycles. The fourth-order valence-corrected chi connectivity index (χ4v) is 2.20. The maximum absolute atomic E-state index is 5.53. The summed E-state index contributed by atoms with van der Waals surface area (Å²) in [6.07, 6.45) is 2.96. The summed E-state index contributed by atoms with van der Waals surface area (Å²) in [6.45, 7) is 14.3. The van der Waals surface area contributed by atoms with Crippen molar-refractivity contribution in [1.82, 2.24) is 10.2 Å². The monoisotopic (exact) mass is 242 g/mol. The predicted octanol–water partition coefficient (Wildman–Crippen LogP) is 2.12. The highest BCUT2D eigenvalue weighted by molar-refractivity contribution is 4.80. The van der Waals surface area contributed by atoms with E-state index in [1.165, 1.54) is 32.5 Å². The van der Waals surface area contributed by atoms with Gasteiger partial charge in [0, 0.05) is 19.1 Å². The Bertz CT molecular complexity index is 195. The minimum atomic E-state index is 0.350. The van der Waals surface area contributed by atoms with Crippen molar-refractivity contribution in [3.63, 3.8) is 0 Å². The number of nitrogens with one attached hydrogen (secondary N) is 1. The first-order chi connectivity index (χ1) is 8.08. The Hall–Kier alpha value is -0.120. The molecule has 1 atom stereocenters. The summed E-state index contributed by atoms with van der Waals surface area (Å²) in [6, 6.07) is 0.679. The van der Waals surface area contributed by atoms with Gasteiger partial charge in [-0.05, 0) is 45.7 Å². The summed E-state index contributed by atoms with van der Waals surface area (Å²) in [7, 11) is 0. The molecule has 0 aromatic carbocycles. The van der Waals surface area contributed by atoms with Crippen LogP contribution in [0.3, 0.4) is 0 Å². The van der Waals surface area contributed by atoms with Gasteiger partial charge in [0.1, 0.15) is 0 Å². The van der Waals surface area contributed by atoms with Gasteiger partial charge in [0.25, 0.3) is 0 Å². The van der Waals surface area contributed by atoms with Crippen molar-refractivity contribution in [2.75, 3.05) is 32.8 Å². The Kier molecular flexibility index (Phi) is 7.09. The molecule has 0 unspecified atom stereocenters. The molecule has 102 valence electrons. The van der Waals surface area contributed by atoms with Gasteiger partial charge in [-0.2, -0.15) is 0 Å². The molecule has 1 rings (SSSR count). The highest BCUT2D eigenvalue weighted by Gasteiger charge is 2.21. The van der Waals surface area contributed by atoms with E-state index in [9.17, 15) is 0 Å². The molecule has 0 aliphatic carbocycles. The van der Waals surface area contributed by atoms with Crippen molar-refractivity contribution < 1.29 is 4.74 Å². The van der Waals surface area contributed by atoms with Gasteiger partial charge in [0.15, 0.2) is 0 Å². The minimum absolute atomic E-state index is 0.350. The third-order valence-electron chi connectivity index (χ3n) is 3.28. The maximum Gasteiger partial charge on any atom is 0.0594 e. The Morgan fingerprint density at radius 2 is 2.06 bits per heavy atom. The van der Waals surface area contributed by atoms with Gasteiger partial charge in [-0.25, -0.2) is 0 Å². The largest absolute Gasteiger partial charge is 0.377 e. The molecular formula is C14H30N2O. The van der Waals surface area contributed by atoms with E-state index < -0.39 is 0 Å². The Labute approximate surface area is 107 Å². The van der Waals surface area contributed by atoms with Crippen molar-refractivity contribution in [3.8, 4) is 0 Å². The van der Waals surface area contributed by atoms with Crippen molar-refractivity contribution in [2.24, 2.45) is 5.92 Å². The molecule has 1 N–H and O–H groups in total. The molecule has 0 radical (unpaired) electrons. The lowest BCUT2D eigenvalue weighted by Gasteiger charge is -2.18. The van der Waals surface area contributed by atoms with Crippen molar-refractivity contribution >= 4 is 0 Å². The van der Waals surface area contributed by atoms with Crippen molar-refractivity contribution in [3.05, 3.63) is 0 Å².